The molecule has 0 N–H and O–H groups in total. The third-order valence-corrected chi connectivity index (χ3v) is 4.11. The van der Waals surface area contributed by atoms with Crippen molar-refractivity contribution < 1.29 is 23.5 Å². The van der Waals surface area contributed by atoms with Gasteiger partial charge in [-0.2, -0.15) is 0 Å². The van der Waals surface area contributed by atoms with Crippen LogP contribution < -0.4 is 9.64 Å². The molecule has 0 spiro atoms. The van der Waals surface area contributed by atoms with E-state index in [1.807, 2.05) is 30.3 Å². The van der Waals surface area contributed by atoms with Crippen LogP contribution in [0.5, 0.6) is 5.75 Å². The van der Waals surface area contributed by atoms with Gasteiger partial charge in [-0.25, -0.2) is 4.79 Å². The smallest absolute Gasteiger partial charge is 0.337 e. The normalized spacial score (nSPS) is 10.9. The van der Waals surface area contributed by atoms with Crippen LogP contribution in [0.15, 0.2) is 71.2 Å². The van der Waals surface area contributed by atoms with Gasteiger partial charge in [0.25, 0.3) is 5.91 Å². The highest BCUT2D eigenvalue weighted by Gasteiger charge is 2.18. The molecule has 0 bridgehead atoms. The monoisotopic (exact) mass is 379 g/mol. The number of benzene rings is 2. The number of carbonyl (C=O) groups is 2. The first-order valence-electron chi connectivity index (χ1n) is 8.86. The van der Waals surface area contributed by atoms with Crippen molar-refractivity contribution in [2.75, 3.05) is 25.2 Å². The van der Waals surface area contributed by atoms with Crippen LogP contribution in [0.1, 0.15) is 17.3 Å². The predicted octanol–water partition coefficient (Wildman–Crippen LogP) is 4.21. The van der Waals surface area contributed by atoms with Gasteiger partial charge in [0.05, 0.1) is 19.2 Å². The van der Waals surface area contributed by atoms with Crippen molar-refractivity contribution in [2.45, 2.75) is 6.92 Å². The summed E-state index contributed by atoms with van der Waals surface area (Å²) >= 11 is 0. The van der Waals surface area contributed by atoms with Crippen LogP contribution in [-0.2, 0) is 9.53 Å². The Morgan fingerprint density at radius 2 is 1.86 bits per heavy atom. The Kier molecular flexibility index (Phi) is 6.11. The van der Waals surface area contributed by atoms with Crippen molar-refractivity contribution in [3.05, 3.63) is 72.3 Å². The van der Waals surface area contributed by atoms with Crippen LogP contribution in [0.2, 0.25) is 0 Å². The molecule has 0 aliphatic rings. The maximum atomic E-state index is 12.5. The van der Waals surface area contributed by atoms with Gasteiger partial charge in [-0.1, -0.05) is 24.3 Å². The number of nitrogens with zero attached hydrogens (tertiary/aromatic N) is 1. The number of para-hydroxylation sites is 1. The molecule has 1 heterocycles. The first kappa shape index (κ1) is 19.2. The molecule has 0 saturated carbocycles. The van der Waals surface area contributed by atoms with Crippen LogP contribution >= 0.6 is 0 Å². The van der Waals surface area contributed by atoms with Gasteiger partial charge in [0.15, 0.2) is 0 Å². The molecule has 144 valence electrons. The number of ether oxygens (including phenoxy) is 2. The number of hydrogen-bond donors (Lipinski definition) is 0. The summed E-state index contributed by atoms with van der Waals surface area (Å²) in [4.78, 5) is 25.5. The molecule has 0 radical (unpaired) electrons. The molecule has 6 heteroatoms. The van der Waals surface area contributed by atoms with E-state index in [0.29, 0.717) is 23.7 Å². The highest BCUT2D eigenvalue weighted by molar-refractivity contribution is 6.01. The molecule has 0 atom stereocenters. The number of esters is 1. The summed E-state index contributed by atoms with van der Waals surface area (Å²) < 4.78 is 16.2. The van der Waals surface area contributed by atoms with Gasteiger partial charge in [0, 0.05) is 11.5 Å². The number of amides is 1. The number of methoxy groups -OCH3 is 1. The van der Waals surface area contributed by atoms with Crippen molar-refractivity contribution in [1.82, 2.24) is 0 Å². The van der Waals surface area contributed by atoms with Gasteiger partial charge in [0.2, 0.25) is 5.88 Å². The Hall–Kier alpha value is -3.54. The standard InChI is InChI=1S/C22H21NO5/c1-3-6-20(24)23(21-15-17-7-4-5-8-19(17)28-21)13-14-27-18-11-9-16(10-12-18)22(25)26-2/h3-12,15H,13-14H2,1-2H3. The van der Waals surface area contributed by atoms with E-state index < -0.39 is 5.97 Å². The maximum absolute atomic E-state index is 12.5. The number of fused-ring (bicyclic) bond motifs is 1. The zero-order valence-electron chi connectivity index (χ0n) is 15.8. The Labute approximate surface area is 163 Å². The van der Waals surface area contributed by atoms with Crippen molar-refractivity contribution in [1.29, 1.82) is 0 Å². The number of anilines is 1. The van der Waals surface area contributed by atoms with E-state index >= 15 is 0 Å². The molecule has 0 unspecified atom stereocenters. The Bertz CT molecular complexity index is 955. The van der Waals surface area contributed by atoms with E-state index in [1.165, 1.54) is 18.1 Å². The van der Waals surface area contributed by atoms with E-state index in [2.05, 4.69) is 4.74 Å². The zero-order chi connectivity index (χ0) is 19.9. The Morgan fingerprint density at radius 3 is 2.54 bits per heavy atom. The first-order chi connectivity index (χ1) is 13.6. The van der Waals surface area contributed by atoms with Gasteiger partial charge >= 0.3 is 5.97 Å². The minimum atomic E-state index is -0.403. The lowest BCUT2D eigenvalue weighted by atomic mass is 10.2. The molecular formula is C22H21NO5. The summed E-state index contributed by atoms with van der Waals surface area (Å²) in [6.45, 7) is 2.35. The maximum Gasteiger partial charge on any atom is 0.337 e. The first-order valence-corrected chi connectivity index (χ1v) is 8.86. The summed E-state index contributed by atoms with van der Waals surface area (Å²) in [5.41, 5.74) is 1.16. The average Bonchev–Trinajstić information content (AvgIpc) is 3.15. The topological polar surface area (TPSA) is 69.0 Å². The highest BCUT2D eigenvalue weighted by Crippen LogP contribution is 2.26. The molecule has 3 aromatic rings. The minimum absolute atomic E-state index is 0.189. The third kappa shape index (κ3) is 4.40. The summed E-state index contributed by atoms with van der Waals surface area (Å²) in [6.07, 6.45) is 3.17. The van der Waals surface area contributed by atoms with Crippen LogP contribution in [0, 0.1) is 0 Å². The largest absolute Gasteiger partial charge is 0.492 e. The fourth-order valence-corrected chi connectivity index (χ4v) is 2.72. The Balaban J connectivity index is 1.70. The molecule has 0 aliphatic carbocycles. The number of carbonyl (C=O) groups excluding carboxylic acids is 2. The van der Waals surface area contributed by atoms with Crippen molar-refractivity contribution in [2.24, 2.45) is 0 Å². The van der Waals surface area contributed by atoms with Gasteiger partial charge in [-0.05, 0) is 43.3 Å². The van der Waals surface area contributed by atoms with E-state index in [0.717, 1.165) is 11.0 Å². The fraction of sp³-hybridized carbons (Fsp3) is 0.182. The number of hydrogen-bond acceptors (Lipinski definition) is 5. The lowest BCUT2D eigenvalue weighted by Gasteiger charge is -2.18. The fourth-order valence-electron chi connectivity index (χ4n) is 2.72. The second-order valence-electron chi connectivity index (χ2n) is 5.98. The number of allylic oxidation sites excluding steroid dienone is 1. The molecule has 1 aromatic heterocycles. The van der Waals surface area contributed by atoms with Crippen molar-refractivity contribution >= 4 is 28.7 Å². The molecule has 28 heavy (non-hydrogen) atoms. The molecule has 2 aromatic carbocycles. The third-order valence-electron chi connectivity index (χ3n) is 4.11. The molecule has 0 saturated heterocycles. The SMILES string of the molecule is CC=CC(=O)N(CCOc1ccc(C(=O)OC)cc1)c1cc2ccccc2o1. The second kappa shape index (κ2) is 8.90. The predicted molar refractivity (Wildman–Crippen MR) is 107 cm³/mol. The molecular weight excluding hydrogens is 358 g/mol. The van der Waals surface area contributed by atoms with Crippen LogP contribution in [0.3, 0.4) is 0 Å². The molecule has 0 fully saturated rings. The van der Waals surface area contributed by atoms with Gasteiger partial charge in [-0.15, -0.1) is 0 Å². The average molecular weight is 379 g/mol. The summed E-state index contributed by atoms with van der Waals surface area (Å²) in [6, 6.07) is 16.1. The highest BCUT2D eigenvalue weighted by atomic mass is 16.5. The van der Waals surface area contributed by atoms with Crippen molar-refractivity contribution in [3.63, 3.8) is 0 Å². The van der Waals surface area contributed by atoms with E-state index in [1.54, 1.807) is 37.3 Å². The second-order valence-corrected chi connectivity index (χ2v) is 5.98. The van der Waals surface area contributed by atoms with Gasteiger partial charge < -0.3 is 13.9 Å². The number of rotatable bonds is 7. The molecule has 1 amide bonds. The quantitative estimate of drug-likeness (QED) is 0.454. The summed E-state index contributed by atoms with van der Waals surface area (Å²) in [5, 5.41) is 0.926. The summed E-state index contributed by atoms with van der Waals surface area (Å²) in [7, 11) is 1.33. The van der Waals surface area contributed by atoms with Crippen LogP contribution in [-0.4, -0.2) is 32.1 Å². The van der Waals surface area contributed by atoms with Gasteiger partial charge in [-0.3, -0.25) is 9.69 Å². The van der Waals surface area contributed by atoms with Crippen LogP contribution in [0.4, 0.5) is 5.88 Å². The van der Waals surface area contributed by atoms with Gasteiger partial charge in [0.1, 0.15) is 17.9 Å². The Morgan fingerprint density at radius 1 is 1.11 bits per heavy atom. The molecule has 3 rings (SSSR count). The zero-order valence-corrected chi connectivity index (χ0v) is 15.8. The van der Waals surface area contributed by atoms with E-state index in [4.69, 9.17) is 9.15 Å². The van der Waals surface area contributed by atoms with Crippen molar-refractivity contribution in [3.8, 4) is 5.75 Å². The lowest BCUT2D eigenvalue weighted by Crippen LogP contribution is -2.33. The van der Waals surface area contributed by atoms with E-state index in [9.17, 15) is 9.59 Å². The lowest BCUT2D eigenvalue weighted by molar-refractivity contribution is -0.114. The minimum Gasteiger partial charge on any atom is -0.492 e. The van der Waals surface area contributed by atoms with E-state index in [-0.39, 0.29) is 12.5 Å². The summed E-state index contributed by atoms with van der Waals surface area (Å²) in [5.74, 6) is 0.468. The number of furan rings is 1. The molecule has 6 nitrogen and oxygen atoms in total. The van der Waals surface area contributed by atoms with Crippen LogP contribution in [0.25, 0.3) is 11.0 Å². The molecule has 0 aliphatic heterocycles.